The Bertz CT molecular complexity index is 586. The third-order valence-electron chi connectivity index (χ3n) is 5.15. The largest absolute Gasteiger partial charge is 0.298 e. The van der Waals surface area contributed by atoms with Crippen LogP contribution in [-0.4, -0.2) is 33.2 Å². The molecule has 118 valence electrons. The molecule has 1 saturated carbocycles. The van der Waals surface area contributed by atoms with Crippen LogP contribution in [0.1, 0.15) is 65.9 Å². The summed E-state index contributed by atoms with van der Waals surface area (Å²) in [5, 5.41) is 7.05. The number of likely N-dealkylation sites (tertiary alicyclic amines) is 1. The molecule has 1 saturated heterocycles. The molecule has 4 nitrogen and oxygen atoms in total. The summed E-state index contributed by atoms with van der Waals surface area (Å²) < 4.78 is 0. The summed E-state index contributed by atoms with van der Waals surface area (Å²) in [7, 11) is 0. The molecule has 0 bridgehead atoms. The summed E-state index contributed by atoms with van der Waals surface area (Å²) in [5.74, 6) is 2.43. The molecule has 0 amide bonds. The lowest BCUT2D eigenvalue weighted by atomic mass is 9.97. The van der Waals surface area contributed by atoms with Crippen LogP contribution in [0.25, 0.3) is 0 Å². The Hall–Kier alpha value is -1.20. The minimum atomic E-state index is 0.519. The molecule has 2 aromatic heterocycles. The average Bonchev–Trinajstić information content (AvgIpc) is 3.29. The highest BCUT2D eigenvalue weighted by Gasteiger charge is 2.24. The van der Waals surface area contributed by atoms with Crippen LogP contribution in [0.3, 0.4) is 0 Å². The van der Waals surface area contributed by atoms with Crippen LogP contribution in [0.2, 0.25) is 0 Å². The highest BCUT2D eigenvalue weighted by atomic mass is 32.1. The standard InChI is InChI=1S/C17H24N4S/c1-2-5-13(4-1)16-8-7-15(22-16)11-21-9-3-6-14(10-21)17-18-12-19-20-17/h7-8,12-14H,1-6,9-11H2,(H,18,19,20)/t14-/m0/s1. The van der Waals surface area contributed by atoms with Crippen molar-refractivity contribution in [2.45, 2.75) is 56.9 Å². The Morgan fingerprint density at radius 1 is 1.14 bits per heavy atom. The predicted molar refractivity (Wildman–Crippen MR) is 89.2 cm³/mol. The fourth-order valence-corrected chi connectivity index (χ4v) is 5.19. The van der Waals surface area contributed by atoms with Gasteiger partial charge in [0.05, 0.1) is 0 Å². The molecule has 0 unspecified atom stereocenters. The topological polar surface area (TPSA) is 44.8 Å². The van der Waals surface area contributed by atoms with E-state index in [1.807, 2.05) is 11.3 Å². The summed E-state index contributed by atoms with van der Waals surface area (Å²) in [4.78, 5) is 10.1. The molecule has 1 aliphatic carbocycles. The lowest BCUT2D eigenvalue weighted by molar-refractivity contribution is 0.198. The Labute approximate surface area is 136 Å². The van der Waals surface area contributed by atoms with Crippen LogP contribution in [0.15, 0.2) is 18.5 Å². The molecule has 5 heteroatoms. The molecule has 1 N–H and O–H groups in total. The third kappa shape index (κ3) is 3.10. The van der Waals surface area contributed by atoms with E-state index >= 15 is 0 Å². The van der Waals surface area contributed by atoms with E-state index in [-0.39, 0.29) is 0 Å². The van der Waals surface area contributed by atoms with E-state index in [2.05, 4.69) is 32.2 Å². The van der Waals surface area contributed by atoms with Crippen molar-refractivity contribution in [2.24, 2.45) is 0 Å². The van der Waals surface area contributed by atoms with Gasteiger partial charge in [-0.15, -0.1) is 11.3 Å². The monoisotopic (exact) mass is 316 g/mol. The molecule has 2 aliphatic rings. The van der Waals surface area contributed by atoms with Gasteiger partial charge in [-0.2, -0.15) is 5.10 Å². The number of thiophene rings is 1. The van der Waals surface area contributed by atoms with Crippen LogP contribution in [0.5, 0.6) is 0 Å². The molecule has 1 atom stereocenters. The van der Waals surface area contributed by atoms with E-state index < -0.39 is 0 Å². The van der Waals surface area contributed by atoms with Gasteiger partial charge in [0.25, 0.3) is 0 Å². The van der Waals surface area contributed by atoms with Crippen molar-refractivity contribution in [1.29, 1.82) is 0 Å². The highest BCUT2D eigenvalue weighted by Crippen LogP contribution is 2.38. The number of nitrogens with zero attached hydrogens (tertiary/aromatic N) is 3. The van der Waals surface area contributed by atoms with Crippen molar-refractivity contribution >= 4 is 11.3 Å². The van der Waals surface area contributed by atoms with E-state index in [0.29, 0.717) is 5.92 Å². The molecule has 4 rings (SSSR count). The lowest BCUT2D eigenvalue weighted by Crippen LogP contribution is -2.34. The maximum atomic E-state index is 4.35. The minimum Gasteiger partial charge on any atom is -0.298 e. The van der Waals surface area contributed by atoms with Gasteiger partial charge in [0, 0.05) is 28.8 Å². The number of hydrogen-bond donors (Lipinski definition) is 1. The zero-order valence-electron chi connectivity index (χ0n) is 13.0. The summed E-state index contributed by atoms with van der Waals surface area (Å²) in [6.07, 6.45) is 9.75. The summed E-state index contributed by atoms with van der Waals surface area (Å²) in [6.45, 7) is 3.41. The van der Waals surface area contributed by atoms with E-state index in [1.165, 1.54) is 49.9 Å². The van der Waals surface area contributed by atoms with E-state index in [1.54, 1.807) is 11.2 Å². The molecule has 0 aromatic carbocycles. The van der Waals surface area contributed by atoms with Crippen LogP contribution in [-0.2, 0) is 6.54 Å². The van der Waals surface area contributed by atoms with Gasteiger partial charge < -0.3 is 0 Å². The smallest absolute Gasteiger partial charge is 0.137 e. The van der Waals surface area contributed by atoms with Gasteiger partial charge in [-0.3, -0.25) is 10.00 Å². The van der Waals surface area contributed by atoms with Gasteiger partial charge in [0.2, 0.25) is 0 Å². The van der Waals surface area contributed by atoms with E-state index in [9.17, 15) is 0 Å². The summed E-state index contributed by atoms with van der Waals surface area (Å²) >= 11 is 2.05. The van der Waals surface area contributed by atoms with Crippen molar-refractivity contribution in [2.75, 3.05) is 13.1 Å². The first kappa shape index (κ1) is 14.4. The van der Waals surface area contributed by atoms with Gasteiger partial charge in [-0.05, 0) is 50.3 Å². The van der Waals surface area contributed by atoms with Gasteiger partial charge in [-0.1, -0.05) is 12.8 Å². The summed E-state index contributed by atoms with van der Waals surface area (Å²) in [6, 6.07) is 4.74. The number of hydrogen-bond acceptors (Lipinski definition) is 4. The molecular formula is C17H24N4S. The number of rotatable bonds is 4. The molecule has 2 aromatic rings. The van der Waals surface area contributed by atoms with Gasteiger partial charge in [-0.25, -0.2) is 4.98 Å². The molecule has 0 spiro atoms. The predicted octanol–water partition coefficient (Wildman–Crippen LogP) is 3.90. The second kappa shape index (κ2) is 6.50. The van der Waals surface area contributed by atoms with Crippen LogP contribution < -0.4 is 0 Å². The van der Waals surface area contributed by atoms with E-state index in [4.69, 9.17) is 0 Å². The van der Waals surface area contributed by atoms with Crippen molar-refractivity contribution < 1.29 is 0 Å². The number of H-pyrrole nitrogens is 1. The van der Waals surface area contributed by atoms with Crippen LogP contribution in [0.4, 0.5) is 0 Å². The zero-order chi connectivity index (χ0) is 14.8. The first-order valence-electron chi connectivity index (χ1n) is 8.55. The Kier molecular flexibility index (Phi) is 4.26. The fraction of sp³-hybridized carbons (Fsp3) is 0.647. The maximum absolute atomic E-state index is 4.35. The molecular weight excluding hydrogens is 292 g/mol. The average molecular weight is 316 g/mol. The number of piperidine rings is 1. The molecule has 22 heavy (non-hydrogen) atoms. The van der Waals surface area contributed by atoms with Crippen molar-refractivity contribution in [3.63, 3.8) is 0 Å². The van der Waals surface area contributed by atoms with Crippen LogP contribution in [0, 0.1) is 0 Å². The number of aromatic amines is 1. The normalized spacial score (nSPS) is 24.1. The van der Waals surface area contributed by atoms with Gasteiger partial charge in [0.1, 0.15) is 12.2 Å². The third-order valence-corrected chi connectivity index (χ3v) is 6.38. The minimum absolute atomic E-state index is 0.519. The Morgan fingerprint density at radius 3 is 2.82 bits per heavy atom. The molecule has 2 fully saturated rings. The second-order valence-corrected chi connectivity index (χ2v) is 7.93. The number of nitrogens with one attached hydrogen (secondary N) is 1. The van der Waals surface area contributed by atoms with Crippen molar-refractivity contribution in [3.05, 3.63) is 34.0 Å². The summed E-state index contributed by atoms with van der Waals surface area (Å²) in [5.41, 5.74) is 0. The maximum Gasteiger partial charge on any atom is 0.137 e. The first-order chi connectivity index (χ1) is 10.9. The van der Waals surface area contributed by atoms with Crippen LogP contribution >= 0.6 is 11.3 Å². The first-order valence-corrected chi connectivity index (χ1v) is 9.36. The molecule has 1 aliphatic heterocycles. The zero-order valence-corrected chi connectivity index (χ0v) is 13.8. The molecule has 3 heterocycles. The SMILES string of the molecule is c1n[nH]c([C@H]2CCCN(Cc3ccc(C4CCCC4)s3)C2)n1. The van der Waals surface area contributed by atoms with Gasteiger partial charge >= 0.3 is 0 Å². The Morgan fingerprint density at radius 2 is 2.00 bits per heavy atom. The highest BCUT2D eigenvalue weighted by molar-refractivity contribution is 7.12. The lowest BCUT2D eigenvalue weighted by Gasteiger charge is -2.31. The van der Waals surface area contributed by atoms with Crippen molar-refractivity contribution in [3.8, 4) is 0 Å². The quantitative estimate of drug-likeness (QED) is 0.930. The Balaban J connectivity index is 1.38. The molecule has 0 radical (unpaired) electrons. The van der Waals surface area contributed by atoms with Gasteiger partial charge in [0.15, 0.2) is 0 Å². The second-order valence-electron chi connectivity index (χ2n) is 6.73. The van der Waals surface area contributed by atoms with Crippen molar-refractivity contribution in [1.82, 2.24) is 20.1 Å². The number of aromatic nitrogens is 3. The fourth-order valence-electron chi connectivity index (χ4n) is 3.96. The van der Waals surface area contributed by atoms with E-state index in [0.717, 1.165) is 24.8 Å².